The summed E-state index contributed by atoms with van der Waals surface area (Å²) in [5, 5.41) is 10.3. The summed E-state index contributed by atoms with van der Waals surface area (Å²) >= 11 is 6.08. The number of hydrogen-bond donors (Lipinski definition) is 1. The Labute approximate surface area is 270 Å². The van der Waals surface area contributed by atoms with Crippen LogP contribution in [0.5, 0.6) is 11.5 Å². The minimum Gasteiger partial charge on any atom is -0.504 e. The molecule has 4 aliphatic rings. The second-order valence-electron chi connectivity index (χ2n) is 12.7. The van der Waals surface area contributed by atoms with Gasteiger partial charge in [0.25, 0.3) is 0 Å². The van der Waals surface area contributed by atoms with Crippen LogP contribution in [0.1, 0.15) is 43.7 Å². The molecule has 0 spiro atoms. The number of rotatable bonds is 6. The number of amides is 4. The van der Waals surface area contributed by atoms with Gasteiger partial charge in [-0.3, -0.25) is 24.1 Å². The van der Waals surface area contributed by atoms with Crippen molar-refractivity contribution in [2.24, 2.45) is 29.1 Å². The summed E-state index contributed by atoms with van der Waals surface area (Å²) < 4.78 is 19.8. The Morgan fingerprint density at radius 1 is 0.978 bits per heavy atom. The third-order valence-corrected chi connectivity index (χ3v) is 10.6. The Bertz CT molecular complexity index is 1830. The van der Waals surface area contributed by atoms with Gasteiger partial charge in [0.1, 0.15) is 5.82 Å². The number of halogens is 2. The Morgan fingerprint density at radius 3 is 2.46 bits per heavy atom. The Hall–Kier alpha value is -4.50. The van der Waals surface area contributed by atoms with Gasteiger partial charge in [0, 0.05) is 5.92 Å². The van der Waals surface area contributed by atoms with Crippen LogP contribution in [0.25, 0.3) is 0 Å². The molecule has 1 N–H and O–H groups in total. The van der Waals surface area contributed by atoms with Crippen LogP contribution in [0.2, 0.25) is 5.02 Å². The van der Waals surface area contributed by atoms with Gasteiger partial charge in [0.2, 0.25) is 23.6 Å². The Kier molecular flexibility index (Phi) is 7.27. The van der Waals surface area contributed by atoms with Crippen molar-refractivity contribution in [3.8, 4) is 11.5 Å². The minimum atomic E-state index is -1.30. The molecule has 7 rings (SSSR count). The summed E-state index contributed by atoms with van der Waals surface area (Å²) in [6.45, 7) is 4.00. The third-order valence-electron chi connectivity index (χ3n) is 10.3. The van der Waals surface area contributed by atoms with E-state index in [1.807, 2.05) is 36.4 Å². The van der Waals surface area contributed by atoms with Gasteiger partial charge in [-0.25, -0.2) is 9.29 Å². The van der Waals surface area contributed by atoms with Gasteiger partial charge in [-0.05, 0) is 74.1 Å². The first-order valence-electron chi connectivity index (χ1n) is 15.4. The smallest absolute Gasteiger partial charge is 0.241 e. The van der Waals surface area contributed by atoms with Gasteiger partial charge < -0.3 is 9.84 Å². The molecule has 2 aliphatic heterocycles. The summed E-state index contributed by atoms with van der Waals surface area (Å²) in [6, 6.07) is 17.9. The number of hydrogen-bond acceptors (Lipinski definition) is 6. The standard InChI is InChI=1S/C36H32ClFN2O6/c1-3-46-29-15-20(9-14-28(29)41)31-22-11-12-23-30(34(44)39(32(23)42)18-19-7-5-4-6-8-19)24(22)17-25-33(43)40(35(45)36(25,31)2)21-10-13-27(38)26(37)16-21/h4-11,13-16,23-25,30-31,41H,3,12,17-18H2,1-2H3/t23-,24+,25-,30-,31-,36+/m0/s1. The zero-order valence-corrected chi connectivity index (χ0v) is 26.0. The number of benzene rings is 3. The molecule has 46 heavy (non-hydrogen) atoms. The number of nitrogens with zero attached hydrogens (tertiary/aromatic N) is 2. The lowest BCUT2D eigenvalue weighted by Gasteiger charge is -2.49. The van der Waals surface area contributed by atoms with Gasteiger partial charge in [-0.2, -0.15) is 0 Å². The summed E-state index contributed by atoms with van der Waals surface area (Å²) in [4.78, 5) is 59.0. The number of carbonyl (C=O) groups excluding carboxylic acids is 4. The van der Waals surface area contributed by atoms with Crippen molar-refractivity contribution in [1.29, 1.82) is 0 Å². The van der Waals surface area contributed by atoms with E-state index >= 15 is 0 Å². The topological polar surface area (TPSA) is 104 Å². The molecule has 4 amide bonds. The van der Waals surface area contributed by atoms with Crippen LogP contribution in [-0.2, 0) is 25.7 Å². The fraction of sp³-hybridized carbons (Fsp3) is 0.333. The molecule has 0 bridgehead atoms. The fourth-order valence-electron chi connectivity index (χ4n) is 8.23. The number of ether oxygens (including phenoxy) is 1. The number of allylic oxidation sites excluding steroid dienone is 2. The molecule has 2 saturated heterocycles. The van der Waals surface area contributed by atoms with Crippen LogP contribution in [0.15, 0.2) is 78.4 Å². The van der Waals surface area contributed by atoms with E-state index in [-0.39, 0.29) is 47.0 Å². The Morgan fingerprint density at radius 2 is 1.74 bits per heavy atom. The molecular weight excluding hydrogens is 611 g/mol. The maximum absolute atomic E-state index is 14.5. The predicted molar refractivity (Wildman–Crippen MR) is 167 cm³/mol. The molecule has 3 fully saturated rings. The van der Waals surface area contributed by atoms with E-state index in [9.17, 15) is 28.7 Å². The van der Waals surface area contributed by atoms with Crippen LogP contribution in [0, 0.1) is 34.9 Å². The fourth-order valence-corrected chi connectivity index (χ4v) is 8.41. The number of imide groups is 2. The van der Waals surface area contributed by atoms with E-state index in [2.05, 4.69) is 0 Å². The molecule has 236 valence electrons. The van der Waals surface area contributed by atoms with Crippen LogP contribution in [0.4, 0.5) is 10.1 Å². The zero-order valence-electron chi connectivity index (χ0n) is 25.3. The maximum Gasteiger partial charge on any atom is 0.241 e. The highest BCUT2D eigenvalue weighted by atomic mass is 35.5. The molecule has 10 heteroatoms. The molecule has 1 saturated carbocycles. The SMILES string of the molecule is CCOc1cc([C@H]2C3=CC[C@@H]4C(=O)N(Cc5ccccc5)C(=O)[C@@H]4[C@@H]3C[C@H]3C(=O)N(c4ccc(F)c(Cl)c4)C(=O)[C@@]23C)ccc1O. The molecular formula is C36H32ClFN2O6. The van der Waals surface area contributed by atoms with Crippen molar-refractivity contribution in [3.63, 3.8) is 0 Å². The highest BCUT2D eigenvalue weighted by molar-refractivity contribution is 6.31. The van der Waals surface area contributed by atoms with Crippen LogP contribution < -0.4 is 9.64 Å². The molecule has 2 aliphatic carbocycles. The molecule has 0 unspecified atom stereocenters. The monoisotopic (exact) mass is 642 g/mol. The average Bonchev–Trinajstić information content (AvgIpc) is 3.40. The number of carbonyl (C=O) groups is 4. The number of fused-ring (bicyclic) bond motifs is 4. The quantitative estimate of drug-likeness (QED) is 0.261. The van der Waals surface area contributed by atoms with E-state index in [1.165, 1.54) is 23.1 Å². The summed E-state index contributed by atoms with van der Waals surface area (Å²) in [7, 11) is 0. The summed E-state index contributed by atoms with van der Waals surface area (Å²) in [6.07, 6.45) is 2.47. The van der Waals surface area contributed by atoms with Crippen molar-refractivity contribution in [2.45, 2.75) is 39.2 Å². The van der Waals surface area contributed by atoms with Crippen molar-refractivity contribution in [1.82, 2.24) is 4.90 Å². The maximum atomic E-state index is 14.5. The van der Waals surface area contributed by atoms with Crippen molar-refractivity contribution < 1.29 is 33.4 Å². The lowest BCUT2D eigenvalue weighted by Crippen LogP contribution is -2.48. The first-order valence-corrected chi connectivity index (χ1v) is 15.8. The van der Waals surface area contributed by atoms with Gasteiger partial charge in [0.05, 0.1) is 47.0 Å². The Balaban J connectivity index is 1.35. The van der Waals surface area contributed by atoms with E-state index in [0.29, 0.717) is 18.6 Å². The number of phenols is 1. The molecule has 0 radical (unpaired) electrons. The largest absolute Gasteiger partial charge is 0.504 e. The zero-order chi connectivity index (χ0) is 32.5. The van der Waals surface area contributed by atoms with Crippen molar-refractivity contribution in [2.75, 3.05) is 11.5 Å². The van der Waals surface area contributed by atoms with Crippen LogP contribution in [0.3, 0.4) is 0 Å². The highest BCUT2D eigenvalue weighted by Gasteiger charge is 2.67. The minimum absolute atomic E-state index is 0.0677. The number of likely N-dealkylation sites (tertiary alicyclic amines) is 1. The lowest BCUT2D eigenvalue weighted by molar-refractivity contribution is -0.141. The predicted octanol–water partition coefficient (Wildman–Crippen LogP) is 6.01. The number of phenolic OH excluding ortho intramolecular Hbond substituents is 1. The number of anilines is 1. The molecule has 0 aromatic heterocycles. The summed E-state index contributed by atoms with van der Waals surface area (Å²) in [5.41, 5.74) is 1.15. The van der Waals surface area contributed by atoms with Crippen LogP contribution >= 0.6 is 11.6 Å². The summed E-state index contributed by atoms with van der Waals surface area (Å²) in [5.74, 6) is -5.26. The molecule has 3 aromatic carbocycles. The van der Waals surface area contributed by atoms with Gasteiger partial charge in [0.15, 0.2) is 11.5 Å². The van der Waals surface area contributed by atoms with Crippen molar-refractivity contribution >= 4 is 40.9 Å². The van der Waals surface area contributed by atoms with Gasteiger partial charge in [-0.15, -0.1) is 0 Å². The average molecular weight is 643 g/mol. The first kappa shape index (κ1) is 30.2. The van der Waals surface area contributed by atoms with Crippen molar-refractivity contribution in [3.05, 3.63) is 100 Å². The second kappa shape index (κ2) is 11.1. The van der Waals surface area contributed by atoms with E-state index in [1.54, 1.807) is 26.0 Å². The second-order valence-corrected chi connectivity index (χ2v) is 13.1. The molecule has 3 aromatic rings. The van der Waals surface area contributed by atoms with E-state index < -0.39 is 52.6 Å². The lowest BCUT2D eigenvalue weighted by atomic mass is 9.51. The highest BCUT2D eigenvalue weighted by Crippen LogP contribution is 2.64. The number of aromatic hydroxyl groups is 1. The molecule has 2 heterocycles. The van der Waals surface area contributed by atoms with Crippen LogP contribution in [-0.4, -0.2) is 40.2 Å². The normalized spacial score (nSPS) is 28.6. The molecule has 8 nitrogen and oxygen atoms in total. The van der Waals surface area contributed by atoms with E-state index in [0.717, 1.165) is 22.1 Å². The van der Waals surface area contributed by atoms with Gasteiger partial charge >= 0.3 is 0 Å². The third kappa shape index (κ3) is 4.39. The first-order chi connectivity index (χ1) is 22.1. The molecule has 6 atom stereocenters. The van der Waals surface area contributed by atoms with Gasteiger partial charge in [-0.1, -0.05) is 59.6 Å². The van der Waals surface area contributed by atoms with E-state index in [4.69, 9.17) is 16.3 Å².